The molecule has 0 spiro atoms. The van der Waals surface area contributed by atoms with E-state index in [9.17, 15) is 9.90 Å². The van der Waals surface area contributed by atoms with Crippen LogP contribution in [0.1, 0.15) is 45.6 Å². The van der Waals surface area contributed by atoms with Gasteiger partial charge in [-0.3, -0.25) is 4.79 Å². The zero-order valence-electron chi connectivity index (χ0n) is 11.2. The molecule has 98 valence electrons. The second kappa shape index (κ2) is 4.39. The standard InChI is InChI=1S/C15H20O3/c1-11(16)18-13-8-5-4-7-12(13)14(2)9-6-10-15(14,3)17/h4-5,7-8,17H,6,9-10H2,1-3H3/t14-,15+/m1/s1. The first-order valence-corrected chi connectivity index (χ1v) is 6.37. The van der Waals surface area contributed by atoms with Crippen molar-refractivity contribution in [3.63, 3.8) is 0 Å². The first kappa shape index (κ1) is 13.1. The molecule has 0 saturated heterocycles. The zero-order valence-corrected chi connectivity index (χ0v) is 11.2. The summed E-state index contributed by atoms with van der Waals surface area (Å²) in [5.41, 5.74) is -0.204. The van der Waals surface area contributed by atoms with Crippen molar-refractivity contribution >= 4 is 5.97 Å². The fourth-order valence-corrected chi connectivity index (χ4v) is 2.92. The van der Waals surface area contributed by atoms with E-state index in [1.54, 1.807) is 6.07 Å². The molecule has 0 amide bonds. The van der Waals surface area contributed by atoms with E-state index in [2.05, 4.69) is 0 Å². The van der Waals surface area contributed by atoms with Gasteiger partial charge in [0.1, 0.15) is 5.75 Å². The average molecular weight is 248 g/mol. The number of ether oxygens (including phenoxy) is 1. The maximum Gasteiger partial charge on any atom is 0.308 e. The summed E-state index contributed by atoms with van der Waals surface area (Å²) < 4.78 is 5.27. The molecule has 1 aliphatic carbocycles. The van der Waals surface area contributed by atoms with Crippen molar-refractivity contribution in [2.24, 2.45) is 0 Å². The van der Waals surface area contributed by atoms with E-state index in [-0.39, 0.29) is 11.4 Å². The van der Waals surface area contributed by atoms with Crippen molar-refractivity contribution in [3.05, 3.63) is 29.8 Å². The van der Waals surface area contributed by atoms with E-state index in [0.29, 0.717) is 5.75 Å². The Hall–Kier alpha value is -1.35. The predicted molar refractivity (Wildman–Crippen MR) is 69.6 cm³/mol. The van der Waals surface area contributed by atoms with Crippen LogP contribution in [0.5, 0.6) is 5.75 Å². The average Bonchev–Trinajstić information content (AvgIpc) is 2.54. The van der Waals surface area contributed by atoms with Crippen LogP contribution < -0.4 is 4.74 Å². The number of hydrogen-bond donors (Lipinski definition) is 1. The lowest BCUT2D eigenvalue weighted by Crippen LogP contribution is -2.42. The Morgan fingerprint density at radius 1 is 1.28 bits per heavy atom. The van der Waals surface area contributed by atoms with Gasteiger partial charge in [0.25, 0.3) is 0 Å². The third kappa shape index (κ3) is 2.03. The maximum absolute atomic E-state index is 11.2. The van der Waals surface area contributed by atoms with Gasteiger partial charge in [0, 0.05) is 17.9 Å². The van der Waals surface area contributed by atoms with Gasteiger partial charge < -0.3 is 9.84 Å². The van der Waals surface area contributed by atoms with Crippen molar-refractivity contribution in [1.29, 1.82) is 0 Å². The van der Waals surface area contributed by atoms with Gasteiger partial charge in [0.05, 0.1) is 5.60 Å². The summed E-state index contributed by atoms with van der Waals surface area (Å²) in [5.74, 6) is 0.235. The number of hydrogen-bond acceptors (Lipinski definition) is 3. The molecule has 0 bridgehead atoms. The summed E-state index contributed by atoms with van der Waals surface area (Å²) in [5, 5.41) is 10.6. The molecule has 0 radical (unpaired) electrons. The summed E-state index contributed by atoms with van der Waals surface area (Å²) in [6, 6.07) is 7.49. The van der Waals surface area contributed by atoms with Crippen LogP contribution in [0.15, 0.2) is 24.3 Å². The molecule has 1 aromatic carbocycles. The van der Waals surface area contributed by atoms with Crippen molar-refractivity contribution in [2.75, 3.05) is 0 Å². The maximum atomic E-state index is 11.2. The Labute approximate surface area is 108 Å². The topological polar surface area (TPSA) is 46.5 Å². The minimum absolute atomic E-state index is 0.330. The molecule has 1 N–H and O–H groups in total. The molecule has 18 heavy (non-hydrogen) atoms. The SMILES string of the molecule is CC(=O)Oc1ccccc1[C@@]1(C)CCC[C@]1(C)O. The largest absolute Gasteiger partial charge is 0.426 e. The summed E-state index contributed by atoms with van der Waals surface area (Å²) in [6.45, 7) is 5.30. The van der Waals surface area contributed by atoms with E-state index in [4.69, 9.17) is 4.74 Å². The number of benzene rings is 1. The predicted octanol–water partition coefficient (Wildman–Crippen LogP) is 2.80. The second-order valence-electron chi connectivity index (χ2n) is 5.55. The molecule has 2 atom stereocenters. The van der Waals surface area contributed by atoms with Crippen molar-refractivity contribution < 1.29 is 14.6 Å². The normalized spacial score (nSPS) is 31.3. The molecule has 0 heterocycles. The van der Waals surface area contributed by atoms with Crippen LogP contribution in [0.25, 0.3) is 0 Å². The number of rotatable bonds is 2. The monoisotopic (exact) mass is 248 g/mol. The molecular formula is C15H20O3. The Bertz CT molecular complexity index is 465. The van der Waals surface area contributed by atoms with Crippen LogP contribution in [0.2, 0.25) is 0 Å². The van der Waals surface area contributed by atoms with Gasteiger partial charge in [-0.2, -0.15) is 0 Å². The van der Waals surface area contributed by atoms with Gasteiger partial charge in [0.2, 0.25) is 0 Å². The molecule has 1 fully saturated rings. The van der Waals surface area contributed by atoms with Gasteiger partial charge >= 0.3 is 5.97 Å². The minimum Gasteiger partial charge on any atom is -0.426 e. The molecule has 1 aliphatic rings. The molecule has 3 heteroatoms. The van der Waals surface area contributed by atoms with Gasteiger partial charge in [-0.15, -0.1) is 0 Å². The summed E-state index contributed by atoms with van der Waals surface area (Å²) in [7, 11) is 0. The fraction of sp³-hybridized carbons (Fsp3) is 0.533. The van der Waals surface area contributed by atoms with Crippen LogP contribution in [-0.4, -0.2) is 16.7 Å². The molecule has 2 rings (SSSR count). The lowest BCUT2D eigenvalue weighted by molar-refractivity contribution is -0.132. The number of para-hydroxylation sites is 1. The lowest BCUT2D eigenvalue weighted by atomic mass is 9.71. The quantitative estimate of drug-likeness (QED) is 0.646. The molecule has 1 aromatic rings. The first-order valence-electron chi connectivity index (χ1n) is 6.37. The van der Waals surface area contributed by atoms with Crippen molar-refractivity contribution in [1.82, 2.24) is 0 Å². The van der Waals surface area contributed by atoms with Crippen LogP contribution in [0, 0.1) is 0 Å². The summed E-state index contributed by atoms with van der Waals surface area (Å²) >= 11 is 0. The lowest BCUT2D eigenvalue weighted by Gasteiger charge is -2.38. The molecule has 0 aliphatic heterocycles. The van der Waals surface area contributed by atoms with E-state index in [1.807, 2.05) is 32.0 Å². The van der Waals surface area contributed by atoms with Gasteiger partial charge in [-0.25, -0.2) is 0 Å². The summed E-state index contributed by atoms with van der Waals surface area (Å²) in [6.07, 6.45) is 2.66. The van der Waals surface area contributed by atoms with Crippen LogP contribution >= 0.6 is 0 Å². The fourth-order valence-electron chi connectivity index (χ4n) is 2.92. The van der Waals surface area contributed by atoms with Gasteiger partial charge in [0.15, 0.2) is 0 Å². The number of carbonyl (C=O) groups is 1. The zero-order chi connectivity index (χ0) is 13.4. The van der Waals surface area contributed by atoms with Gasteiger partial charge in [-0.05, 0) is 32.3 Å². The highest BCUT2D eigenvalue weighted by Gasteiger charge is 2.49. The van der Waals surface area contributed by atoms with E-state index < -0.39 is 5.60 Å². The Morgan fingerprint density at radius 2 is 1.94 bits per heavy atom. The van der Waals surface area contributed by atoms with Crippen molar-refractivity contribution in [2.45, 2.75) is 51.0 Å². The first-order chi connectivity index (χ1) is 8.37. The van der Waals surface area contributed by atoms with E-state index in [1.165, 1.54) is 6.92 Å². The molecule has 0 aromatic heterocycles. The second-order valence-corrected chi connectivity index (χ2v) is 5.55. The number of esters is 1. The summed E-state index contributed by atoms with van der Waals surface area (Å²) in [4.78, 5) is 11.2. The third-order valence-corrected chi connectivity index (χ3v) is 4.26. The molecule has 0 unspecified atom stereocenters. The highest BCUT2D eigenvalue weighted by Crippen LogP contribution is 2.50. The van der Waals surface area contributed by atoms with E-state index >= 15 is 0 Å². The van der Waals surface area contributed by atoms with Crippen LogP contribution in [0.3, 0.4) is 0 Å². The highest BCUT2D eigenvalue weighted by molar-refractivity contribution is 5.70. The van der Waals surface area contributed by atoms with Gasteiger partial charge in [-0.1, -0.05) is 25.1 Å². The highest BCUT2D eigenvalue weighted by atomic mass is 16.5. The molecule has 3 nitrogen and oxygen atoms in total. The number of aliphatic hydroxyl groups is 1. The third-order valence-electron chi connectivity index (χ3n) is 4.26. The smallest absolute Gasteiger partial charge is 0.308 e. The molecule has 1 saturated carbocycles. The van der Waals surface area contributed by atoms with Crippen LogP contribution in [-0.2, 0) is 10.2 Å². The Balaban J connectivity index is 2.47. The Morgan fingerprint density at radius 3 is 2.50 bits per heavy atom. The number of carbonyl (C=O) groups excluding carboxylic acids is 1. The van der Waals surface area contributed by atoms with E-state index in [0.717, 1.165) is 24.8 Å². The Kier molecular flexibility index (Phi) is 3.20. The van der Waals surface area contributed by atoms with Crippen molar-refractivity contribution in [3.8, 4) is 5.75 Å². The van der Waals surface area contributed by atoms with Crippen LogP contribution in [0.4, 0.5) is 0 Å². The molecular weight excluding hydrogens is 228 g/mol. The minimum atomic E-state index is -0.761.